The molecule has 0 spiro atoms. The standard InChI is InChI=1S/C13H26N2/c1-3-11-5-7-15(8-6-11)13(4-2)12-9-14-10-12/h11-14H,3-10H2,1-2H3. The van der Waals surface area contributed by atoms with Crippen molar-refractivity contribution < 1.29 is 0 Å². The van der Waals surface area contributed by atoms with Crippen molar-refractivity contribution in [2.45, 2.75) is 45.6 Å². The van der Waals surface area contributed by atoms with Crippen LogP contribution in [0.2, 0.25) is 0 Å². The molecule has 0 radical (unpaired) electrons. The number of rotatable bonds is 4. The maximum atomic E-state index is 3.41. The smallest absolute Gasteiger partial charge is 0.0145 e. The van der Waals surface area contributed by atoms with E-state index in [1.165, 1.54) is 51.9 Å². The van der Waals surface area contributed by atoms with Gasteiger partial charge in [0.05, 0.1) is 0 Å². The third-order valence-corrected chi connectivity index (χ3v) is 4.47. The second-order valence-electron chi connectivity index (χ2n) is 5.28. The molecule has 15 heavy (non-hydrogen) atoms. The van der Waals surface area contributed by atoms with Crippen LogP contribution < -0.4 is 5.32 Å². The number of nitrogens with one attached hydrogen (secondary N) is 1. The van der Waals surface area contributed by atoms with Crippen LogP contribution >= 0.6 is 0 Å². The van der Waals surface area contributed by atoms with Gasteiger partial charge < -0.3 is 10.2 Å². The molecule has 0 aromatic rings. The Morgan fingerprint density at radius 2 is 1.87 bits per heavy atom. The molecule has 2 aliphatic rings. The van der Waals surface area contributed by atoms with Crippen LogP contribution in [0.4, 0.5) is 0 Å². The zero-order valence-electron chi connectivity index (χ0n) is 10.3. The lowest BCUT2D eigenvalue weighted by Gasteiger charge is -2.44. The first-order chi connectivity index (χ1) is 7.35. The fourth-order valence-corrected chi connectivity index (χ4v) is 3.17. The molecule has 2 heteroatoms. The number of hydrogen-bond acceptors (Lipinski definition) is 2. The lowest BCUT2D eigenvalue weighted by atomic mass is 9.87. The van der Waals surface area contributed by atoms with E-state index in [1.54, 1.807) is 0 Å². The van der Waals surface area contributed by atoms with E-state index in [9.17, 15) is 0 Å². The van der Waals surface area contributed by atoms with Crippen molar-refractivity contribution in [3.8, 4) is 0 Å². The molecule has 0 aromatic heterocycles. The molecule has 0 aliphatic carbocycles. The van der Waals surface area contributed by atoms with Gasteiger partial charge in [-0.2, -0.15) is 0 Å². The number of hydrogen-bond donors (Lipinski definition) is 1. The van der Waals surface area contributed by atoms with Gasteiger partial charge in [0.1, 0.15) is 0 Å². The van der Waals surface area contributed by atoms with Gasteiger partial charge >= 0.3 is 0 Å². The van der Waals surface area contributed by atoms with Crippen LogP contribution in [0.25, 0.3) is 0 Å². The Kier molecular flexibility index (Phi) is 4.04. The molecule has 1 atom stereocenters. The summed E-state index contributed by atoms with van der Waals surface area (Å²) in [5.41, 5.74) is 0. The highest BCUT2D eigenvalue weighted by Crippen LogP contribution is 2.26. The summed E-state index contributed by atoms with van der Waals surface area (Å²) in [4.78, 5) is 2.76. The first-order valence-electron chi connectivity index (χ1n) is 6.79. The van der Waals surface area contributed by atoms with E-state index < -0.39 is 0 Å². The lowest BCUT2D eigenvalue weighted by molar-refractivity contribution is 0.0702. The van der Waals surface area contributed by atoms with Gasteiger partial charge in [-0.1, -0.05) is 20.3 Å². The minimum absolute atomic E-state index is 0.865. The lowest BCUT2D eigenvalue weighted by Crippen LogP contribution is -2.55. The Labute approximate surface area is 94.4 Å². The van der Waals surface area contributed by atoms with E-state index in [4.69, 9.17) is 0 Å². The van der Waals surface area contributed by atoms with Crippen molar-refractivity contribution in [3.63, 3.8) is 0 Å². The third-order valence-electron chi connectivity index (χ3n) is 4.47. The van der Waals surface area contributed by atoms with E-state index in [-0.39, 0.29) is 0 Å². The second kappa shape index (κ2) is 5.31. The Hall–Kier alpha value is -0.0800. The summed E-state index contributed by atoms with van der Waals surface area (Å²) < 4.78 is 0. The minimum atomic E-state index is 0.865. The first kappa shape index (κ1) is 11.4. The van der Waals surface area contributed by atoms with Gasteiger partial charge in [0.25, 0.3) is 0 Å². The highest BCUT2D eigenvalue weighted by Gasteiger charge is 2.31. The van der Waals surface area contributed by atoms with Crippen LogP contribution in [0.5, 0.6) is 0 Å². The van der Waals surface area contributed by atoms with Crippen LogP contribution in [0.3, 0.4) is 0 Å². The van der Waals surface area contributed by atoms with Crippen LogP contribution in [-0.4, -0.2) is 37.1 Å². The van der Waals surface area contributed by atoms with E-state index in [0.29, 0.717) is 0 Å². The Morgan fingerprint density at radius 3 is 2.27 bits per heavy atom. The van der Waals surface area contributed by atoms with Gasteiger partial charge in [-0.05, 0) is 44.2 Å². The minimum Gasteiger partial charge on any atom is -0.316 e. The monoisotopic (exact) mass is 210 g/mol. The maximum Gasteiger partial charge on any atom is 0.0145 e. The van der Waals surface area contributed by atoms with Crippen LogP contribution in [0.1, 0.15) is 39.5 Å². The van der Waals surface area contributed by atoms with Crippen molar-refractivity contribution >= 4 is 0 Å². The number of likely N-dealkylation sites (tertiary alicyclic amines) is 1. The van der Waals surface area contributed by atoms with E-state index in [1.807, 2.05) is 0 Å². The molecule has 2 rings (SSSR count). The molecule has 88 valence electrons. The molecular formula is C13H26N2. The molecule has 2 fully saturated rings. The third kappa shape index (κ3) is 2.54. The highest BCUT2D eigenvalue weighted by molar-refractivity contribution is 4.88. The summed E-state index contributed by atoms with van der Waals surface area (Å²) in [5.74, 6) is 1.95. The molecule has 0 bridgehead atoms. The molecule has 2 aliphatic heterocycles. The zero-order chi connectivity index (χ0) is 10.7. The SMILES string of the molecule is CCC1CCN(C(CC)C2CNC2)CC1. The molecule has 0 amide bonds. The maximum absolute atomic E-state index is 3.41. The summed E-state index contributed by atoms with van der Waals surface area (Å²) in [7, 11) is 0. The van der Waals surface area contributed by atoms with Crippen LogP contribution in [0, 0.1) is 11.8 Å². The van der Waals surface area contributed by atoms with Crippen molar-refractivity contribution in [3.05, 3.63) is 0 Å². The summed E-state index contributed by atoms with van der Waals surface area (Å²) in [6.45, 7) is 9.92. The Bertz CT molecular complexity index is 181. The molecule has 0 aromatic carbocycles. The molecule has 0 saturated carbocycles. The van der Waals surface area contributed by atoms with Gasteiger partial charge in [0.15, 0.2) is 0 Å². The van der Waals surface area contributed by atoms with Crippen molar-refractivity contribution in [1.29, 1.82) is 0 Å². The molecular weight excluding hydrogens is 184 g/mol. The second-order valence-corrected chi connectivity index (χ2v) is 5.28. The molecule has 1 N–H and O–H groups in total. The highest BCUT2D eigenvalue weighted by atomic mass is 15.2. The van der Waals surface area contributed by atoms with Gasteiger partial charge in [0, 0.05) is 19.1 Å². The van der Waals surface area contributed by atoms with E-state index in [2.05, 4.69) is 24.1 Å². The predicted octanol–water partition coefficient (Wildman–Crippen LogP) is 2.11. The van der Waals surface area contributed by atoms with Gasteiger partial charge in [-0.3, -0.25) is 0 Å². The Morgan fingerprint density at radius 1 is 1.20 bits per heavy atom. The zero-order valence-corrected chi connectivity index (χ0v) is 10.3. The van der Waals surface area contributed by atoms with Gasteiger partial charge in [0.2, 0.25) is 0 Å². The largest absolute Gasteiger partial charge is 0.316 e. The fraction of sp³-hybridized carbons (Fsp3) is 1.00. The summed E-state index contributed by atoms with van der Waals surface area (Å²) in [5, 5.41) is 3.41. The van der Waals surface area contributed by atoms with Crippen molar-refractivity contribution in [1.82, 2.24) is 10.2 Å². The van der Waals surface area contributed by atoms with Crippen LogP contribution in [0.15, 0.2) is 0 Å². The van der Waals surface area contributed by atoms with E-state index in [0.717, 1.165) is 17.9 Å². The molecule has 2 nitrogen and oxygen atoms in total. The average Bonchev–Trinajstić information content (AvgIpc) is 2.23. The normalized spacial score (nSPS) is 27.6. The number of piperidine rings is 1. The van der Waals surface area contributed by atoms with E-state index >= 15 is 0 Å². The average molecular weight is 210 g/mol. The Balaban J connectivity index is 1.81. The molecule has 1 unspecified atom stereocenters. The fourth-order valence-electron chi connectivity index (χ4n) is 3.17. The predicted molar refractivity (Wildman–Crippen MR) is 65.0 cm³/mol. The molecule has 2 heterocycles. The summed E-state index contributed by atoms with van der Waals surface area (Å²) >= 11 is 0. The summed E-state index contributed by atoms with van der Waals surface area (Å²) in [6.07, 6.45) is 5.60. The molecule has 2 saturated heterocycles. The number of nitrogens with zero attached hydrogens (tertiary/aromatic N) is 1. The first-order valence-corrected chi connectivity index (χ1v) is 6.79. The quantitative estimate of drug-likeness (QED) is 0.764. The van der Waals surface area contributed by atoms with Gasteiger partial charge in [-0.15, -0.1) is 0 Å². The summed E-state index contributed by atoms with van der Waals surface area (Å²) in [6, 6.07) is 0.865. The van der Waals surface area contributed by atoms with Crippen LogP contribution in [-0.2, 0) is 0 Å². The van der Waals surface area contributed by atoms with Crippen molar-refractivity contribution in [2.75, 3.05) is 26.2 Å². The topological polar surface area (TPSA) is 15.3 Å². The van der Waals surface area contributed by atoms with Gasteiger partial charge in [-0.25, -0.2) is 0 Å². The van der Waals surface area contributed by atoms with Crippen molar-refractivity contribution in [2.24, 2.45) is 11.8 Å².